The van der Waals surface area contributed by atoms with Crippen LogP contribution in [-0.4, -0.2) is 29.6 Å². The van der Waals surface area contributed by atoms with Gasteiger partial charge < -0.3 is 4.74 Å². The van der Waals surface area contributed by atoms with Crippen molar-refractivity contribution < 1.29 is 4.74 Å². The van der Waals surface area contributed by atoms with Crippen LogP contribution in [0.25, 0.3) is 5.69 Å². The first-order valence-electron chi connectivity index (χ1n) is 8.97. The molecule has 0 saturated heterocycles. The SMILES string of the molecule is Cc1cc(C)n(-c2ccc(O/C=C3/C=CC=CC3n3nnn(C)c3=O)c(Cl)c2)n1. The molecule has 0 amide bonds. The largest absolute Gasteiger partial charge is 0.463 e. The Balaban J connectivity index is 1.60. The first kappa shape index (κ1) is 18.9. The van der Waals surface area contributed by atoms with Crippen LogP contribution in [0.15, 0.2) is 65.2 Å². The molecule has 2 heterocycles. The molecule has 0 bridgehead atoms. The number of aryl methyl sites for hydroxylation is 3. The Morgan fingerprint density at radius 1 is 1.17 bits per heavy atom. The molecule has 0 aliphatic heterocycles. The van der Waals surface area contributed by atoms with Crippen LogP contribution in [0.2, 0.25) is 5.02 Å². The number of hydrogen-bond acceptors (Lipinski definition) is 5. The Labute approximate surface area is 171 Å². The van der Waals surface area contributed by atoms with E-state index in [4.69, 9.17) is 16.3 Å². The molecule has 148 valence electrons. The summed E-state index contributed by atoms with van der Waals surface area (Å²) >= 11 is 6.43. The van der Waals surface area contributed by atoms with Crippen molar-refractivity contribution >= 4 is 11.6 Å². The number of allylic oxidation sites excluding steroid dienone is 5. The molecule has 1 aliphatic carbocycles. The minimum atomic E-state index is -0.408. The quantitative estimate of drug-likeness (QED) is 0.617. The Hall–Kier alpha value is -3.39. The summed E-state index contributed by atoms with van der Waals surface area (Å²) in [5, 5.41) is 12.6. The molecule has 2 aromatic heterocycles. The summed E-state index contributed by atoms with van der Waals surface area (Å²) in [5.41, 5.74) is 3.24. The van der Waals surface area contributed by atoms with Gasteiger partial charge in [0.15, 0.2) is 0 Å². The maximum atomic E-state index is 12.2. The van der Waals surface area contributed by atoms with Gasteiger partial charge in [0.1, 0.15) is 11.8 Å². The highest BCUT2D eigenvalue weighted by Crippen LogP contribution is 2.29. The van der Waals surface area contributed by atoms with Gasteiger partial charge in [-0.3, -0.25) is 0 Å². The minimum Gasteiger partial charge on any atom is -0.463 e. The molecule has 1 aromatic carbocycles. The average molecular weight is 411 g/mol. The third-order valence-corrected chi connectivity index (χ3v) is 4.83. The molecule has 9 heteroatoms. The fourth-order valence-corrected chi connectivity index (χ4v) is 3.34. The van der Waals surface area contributed by atoms with Crippen molar-refractivity contribution in [1.29, 1.82) is 0 Å². The highest BCUT2D eigenvalue weighted by Gasteiger charge is 2.19. The van der Waals surface area contributed by atoms with E-state index in [1.54, 1.807) is 25.4 Å². The van der Waals surface area contributed by atoms with Crippen LogP contribution in [0.1, 0.15) is 17.4 Å². The Kier molecular flexibility index (Phi) is 4.94. The molecule has 1 atom stereocenters. The topological polar surface area (TPSA) is 79.8 Å². The summed E-state index contributed by atoms with van der Waals surface area (Å²) in [6.07, 6.45) is 8.97. The third-order valence-electron chi connectivity index (χ3n) is 4.53. The van der Waals surface area contributed by atoms with E-state index in [2.05, 4.69) is 15.5 Å². The lowest BCUT2D eigenvalue weighted by Gasteiger charge is -2.16. The lowest BCUT2D eigenvalue weighted by atomic mass is 10.0. The van der Waals surface area contributed by atoms with Crippen molar-refractivity contribution in [2.45, 2.75) is 19.9 Å². The van der Waals surface area contributed by atoms with E-state index in [1.165, 1.54) is 9.36 Å². The Morgan fingerprint density at radius 3 is 2.66 bits per heavy atom. The van der Waals surface area contributed by atoms with Crippen LogP contribution in [-0.2, 0) is 7.05 Å². The molecule has 1 aliphatic rings. The zero-order valence-electron chi connectivity index (χ0n) is 16.2. The summed E-state index contributed by atoms with van der Waals surface area (Å²) in [7, 11) is 1.55. The van der Waals surface area contributed by atoms with Crippen molar-refractivity contribution in [3.8, 4) is 11.4 Å². The van der Waals surface area contributed by atoms with Gasteiger partial charge in [-0.05, 0) is 48.5 Å². The molecule has 0 fully saturated rings. The number of hydrogen-bond donors (Lipinski definition) is 0. The number of nitrogens with zero attached hydrogens (tertiary/aromatic N) is 6. The van der Waals surface area contributed by atoms with Gasteiger partial charge in [-0.25, -0.2) is 9.48 Å². The van der Waals surface area contributed by atoms with Gasteiger partial charge in [0.25, 0.3) is 0 Å². The van der Waals surface area contributed by atoms with E-state index >= 15 is 0 Å². The second-order valence-electron chi connectivity index (χ2n) is 6.71. The van der Waals surface area contributed by atoms with Crippen LogP contribution in [0.4, 0.5) is 0 Å². The summed E-state index contributed by atoms with van der Waals surface area (Å²) in [6, 6.07) is 7.07. The average Bonchev–Trinajstić information content (AvgIpc) is 3.22. The van der Waals surface area contributed by atoms with Gasteiger partial charge >= 0.3 is 5.69 Å². The first-order chi connectivity index (χ1) is 13.9. The number of aromatic nitrogens is 6. The molecule has 0 N–H and O–H groups in total. The smallest absolute Gasteiger partial charge is 0.364 e. The van der Waals surface area contributed by atoms with Crippen LogP contribution in [0.5, 0.6) is 5.75 Å². The number of ether oxygens (including phenoxy) is 1. The Morgan fingerprint density at radius 2 is 2.00 bits per heavy atom. The van der Waals surface area contributed by atoms with E-state index in [1.807, 2.05) is 55.0 Å². The van der Waals surface area contributed by atoms with Gasteiger partial charge in [-0.15, -0.1) is 0 Å². The maximum absolute atomic E-state index is 12.2. The van der Waals surface area contributed by atoms with Gasteiger partial charge in [-0.1, -0.05) is 35.9 Å². The predicted molar refractivity (Wildman–Crippen MR) is 109 cm³/mol. The van der Waals surface area contributed by atoms with Crippen LogP contribution >= 0.6 is 11.6 Å². The number of benzene rings is 1. The number of rotatable bonds is 4. The maximum Gasteiger partial charge on any atom is 0.364 e. The lowest BCUT2D eigenvalue weighted by molar-refractivity contribution is 0.462. The second kappa shape index (κ2) is 7.56. The van der Waals surface area contributed by atoms with Crippen molar-refractivity contribution in [3.05, 3.63) is 87.3 Å². The van der Waals surface area contributed by atoms with Crippen molar-refractivity contribution in [2.24, 2.45) is 7.05 Å². The fourth-order valence-electron chi connectivity index (χ4n) is 3.12. The fraction of sp³-hybridized carbons (Fsp3) is 0.200. The predicted octanol–water partition coefficient (Wildman–Crippen LogP) is 3.06. The van der Waals surface area contributed by atoms with Crippen molar-refractivity contribution in [3.63, 3.8) is 0 Å². The monoisotopic (exact) mass is 410 g/mol. The third kappa shape index (κ3) is 3.66. The molecule has 29 heavy (non-hydrogen) atoms. The van der Waals surface area contributed by atoms with E-state index < -0.39 is 6.04 Å². The zero-order valence-corrected chi connectivity index (χ0v) is 16.9. The molecule has 0 spiro atoms. The summed E-state index contributed by atoms with van der Waals surface area (Å²) in [4.78, 5) is 12.2. The molecule has 0 saturated carbocycles. The molecule has 3 aromatic rings. The molecular formula is C20H19ClN6O2. The molecule has 1 unspecified atom stereocenters. The highest BCUT2D eigenvalue weighted by atomic mass is 35.5. The van der Waals surface area contributed by atoms with Gasteiger partial charge in [-0.2, -0.15) is 14.5 Å². The van der Waals surface area contributed by atoms with Gasteiger partial charge in [0.2, 0.25) is 0 Å². The molecule has 0 radical (unpaired) electrons. The standard InChI is InChI=1S/C20H19ClN6O2/c1-13-10-14(2)26(22-13)16-8-9-19(17(21)11-16)29-12-15-6-4-5-7-18(15)27-20(28)25(3)23-24-27/h4-12,18H,1-3H3/b15-12-. The van der Waals surface area contributed by atoms with Crippen molar-refractivity contribution in [2.75, 3.05) is 0 Å². The molecule has 4 rings (SSSR count). The van der Waals surface area contributed by atoms with Crippen LogP contribution in [0, 0.1) is 13.8 Å². The van der Waals surface area contributed by atoms with E-state index in [9.17, 15) is 4.79 Å². The zero-order chi connectivity index (χ0) is 20.5. The summed E-state index contributed by atoms with van der Waals surface area (Å²) in [5.74, 6) is 0.498. The number of tetrazole rings is 1. The Bertz CT molecular complexity index is 1210. The van der Waals surface area contributed by atoms with E-state index in [0.717, 1.165) is 22.6 Å². The van der Waals surface area contributed by atoms with Crippen LogP contribution < -0.4 is 10.4 Å². The van der Waals surface area contributed by atoms with Crippen LogP contribution in [0.3, 0.4) is 0 Å². The second-order valence-corrected chi connectivity index (χ2v) is 7.12. The van der Waals surface area contributed by atoms with Gasteiger partial charge in [0.05, 0.1) is 22.7 Å². The van der Waals surface area contributed by atoms with Crippen molar-refractivity contribution in [1.82, 2.24) is 29.6 Å². The van der Waals surface area contributed by atoms with E-state index in [-0.39, 0.29) is 5.69 Å². The molecular weight excluding hydrogens is 392 g/mol. The molecule has 8 nitrogen and oxygen atoms in total. The number of halogens is 1. The lowest BCUT2D eigenvalue weighted by Crippen LogP contribution is -2.27. The van der Waals surface area contributed by atoms with Gasteiger partial charge in [0, 0.05) is 18.3 Å². The first-order valence-corrected chi connectivity index (χ1v) is 9.35. The minimum absolute atomic E-state index is 0.312. The summed E-state index contributed by atoms with van der Waals surface area (Å²) < 4.78 is 10.1. The highest BCUT2D eigenvalue weighted by molar-refractivity contribution is 6.32. The summed E-state index contributed by atoms with van der Waals surface area (Å²) in [6.45, 7) is 3.93. The van der Waals surface area contributed by atoms with E-state index in [0.29, 0.717) is 10.8 Å². The normalized spacial score (nSPS) is 17.2.